The number of ether oxygens (including phenoxy) is 2. The number of carbonyl (C=O) groups excluding carboxylic acids is 1. The summed E-state index contributed by atoms with van der Waals surface area (Å²) in [5, 5.41) is 9.88. The molecule has 33 heavy (non-hydrogen) atoms. The van der Waals surface area contributed by atoms with E-state index >= 15 is 0 Å². The van der Waals surface area contributed by atoms with Gasteiger partial charge in [0.05, 0.1) is 32.2 Å². The maximum absolute atomic E-state index is 12.5. The fraction of sp³-hybridized carbons (Fsp3) is 0.167. The van der Waals surface area contributed by atoms with Crippen LogP contribution in [0.5, 0.6) is 11.5 Å². The molecule has 2 aromatic carbocycles. The molecule has 2 aromatic heterocycles. The molecule has 0 saturated heterocycles. The van der Waals surface area contributed by atoms with Crippen LogP contribution in [0.15, 0.2) is 70.8 Å². The third-order valence-corrected chi connectivity index (χ3v) is 5.84. The van der Waals surface area contributed by atoms with Crippen LogP contribution in [0.3, 0.4) is 0 Å². The summed E-state index contributed by atoms with van der Waals surface area (Å²) in [5.41, 5.74) is 2.78. The standard InChI is InChI=1S/C24H22N4O4S/c1-31-19-7-3-16(4-8-19)21-11-12-23(30)28(27-21)14-22(29)25-13-18-15-33-24(26-18)17-5-9-20(32-2)10-6-17/h3-12,15H,13-14H2,1-2H3,(H,25,29). The lowest BCUT2D eigenvalue weighted by Crippen LogP contribution is -2.33. The van der Waals surface area contributed by atoms with Gasteiger partial charge in [0.25, 0.3) is 5.56 Å². The molecule has 0 atom stereocenters. The van der Waals surface area contributed by atoms with Gasteiger partial charge in [0.15, 0.2) is 0 Å². The first kappa shape index (κ1) is 22.2. The third kappa shape index (κ3) is 5.45. The van der Waals surface area contributed by atoms with Crippen LogP contribution in [0, 0.1) is 0 Å². The summed E-state index contributed by atoms with van der Waals surface area (Å²) in [7, 11) is 3.22. The first-order chi connectivity index (χ1) is 16.1. The Balaban J connectivity index is 1.39. The van der Waals surface area contributed by atoms with Gasteiger partial charge in [-0.3, -0.25) is 9.59 Å². The fourth-order valence-electron chi connectivity index (χ4n) is 3.11. The Morgan fingerprint density at radius 2 is 1.58 bits per heavy atom. The highest BCUT2D eigenvalue weighted by Gasteiger charge is 2.10. The summed E-state index contributed by atoms with van der Waals surface area (Å²) in [6.45, 7) is 0.0801. The van der Waals surface area contributed by atoms with E-state index in [1.54, 1.807) is 20.3 Å². The molecule has 4 aromatic rings. The molecule has 0 bridgehead atoms. The lowest BCUT2D eigenvalue weighted by Gasteiger charge is -2.08. The van der Waals surface area contributed by atoms with Gasteiger partial charge >= 0.3 is 0 Å². The number of aromatic nitrogens is 3. The van der Waals surface area contributed by atoms with Gasteiger partial charge in [-0.25, -0.2) is 9.67 Å². The molecule has 0 fully saturated rings. The number of rotatable bonds is 8. The first-order valence-corrected chi connectivity index (χ1v) is 11.0. The van der Waals surface area contributed by atoms with Crippen molar-refractivity contribution in [3.05, 3.63) is 82.1 Å². The average molecular weight is 463 g/mol. The van der Waals surface area contributed by atoms with Crippen molar-refractivity contribution >= 4 is 17.2 Å². The number of thiazole rings is 1. The van der Waals surface area contributed by atoms with Gasteiger partial charge in [0, 0.05) is 22.6 Å². The molecule has 0 aliphatic carbocycles. The number of benzene rings is 2. The largest absolute Gasteiger partial charge is 0.497 e. The molecule has 4 rings (SSSR count). The van der Waals surface area contributed by atoms with Crippen molar-refractivity contribution in [1.29, 1.82) is 0 Å². The molecule has 9 heteroatoms. The highest BCUT2D eigenvalue weighted by molar-refractivity contribution is 7.13. The molecule has 1 N–H and O–H groups in total. The second kappa shape index (κ2) is 10.1. The van der Waals surface area contributed by atoms with E-state index in [4.69, 9.17) is 9.47 Å². The predicted molar refractivity (Wildman–Crippen MR) is 126 cm³/mol. The van der Waals surface area contributed by atoms with Gasteiger partial charge < -0.3 is 14.8 Å². The zero-order valence-electron chi connectivity index (χ0n) is 18.1. The van der Waals surface area contributed by atoms with Crippen molar-refractivity contribution in [1.82, 2.24) is 20.1 Å². The molecular formula is C24H22N4O4S. The van der Waals surface area contributed by atoms with Crippen molar-refractivity contribution in [2.75, 3.05) is 14.2 Å². The van der Waals surface area contributed by atoms with Gasteiger partial charge in [0.1, 0.15) is 23.1 Å². The van der Waals surface area contributed by atoms with Crippen LogP contribution in [-0.2, 0) is 17.9 Å². The normalized spacial score (nSPS) is 10.6. The Morgan fingerprint density at radius 1 is 0.939 bits per heavy atom. The summed E-state index contributed by atoms with van der Waals surface area (Å²) in [6, 6.07) is 18.0. The van der Waals surface area contributed by atoms with E-state index in [1.807, 2.05) is 53.9 Å². The van der Waals surface area contributed by atoms with E-state index in [0.717, 1.165) is 38.0 Å². The van der Waals surface area contributed by atoms with E-state index in [1.165, 1.54) is 17.4 Å². The van der Waals surface area contributed by atoms with Crippen molar-refractivity contribution in [3.63, 3.8) is 0 Å². The molecule has 0 unspecified atom stereocenters. The minimum Gasteiger partial charge on any atom is -0.497 e. The lowest BCUT2D eigenvalue weighted by atomic mass is 10.1. The van der Waals surface area contributed by atoms with Gasteiger partial charge in [-0.15, -0.1) is 11.3 Å². The fourth-order valence-corrected chi connectivity index (χ4v) is 3.94. The SMILES string of the molecule is COc1ccc(-c2ccc(=O)n(CC(=O)NCc3csc(-c4ccc(OC)cc4)n3)n2)cc1. The van der Waals surface area contributed by atoms with Gasteiger partial charge in [-0.2, -0.15) is 5.10 Å². The molecule has 1 amide bonds. The number of hydrogen-bond acceptors (Lipinski definition) is 7. The Kier molecular flexibility index (Phi) is 6.80. The summed E-state index contributed by atoms with van der Waals surface area (Å²) in [5.74, 6) is 1.18. The number of carbonyl (C=O) groups is 1. The van der Waals surface area contributed by atoms with Crippen LogP contribution >= 0.6 is 11.3 Å². The minimum atomic E-state index is -0.349. The number of methoxy groups -OCH3 is 2. The smallest absolute Gasteiger partial charge is 0.267 e. The maximum Gasteiger partial charge on any atom is 0.267 e. The molecule has 0 spiro atoms. The number of hydrogen-bond donors (Lipinski definition) is 1. The molecule has 0 aliphatic rings. The van der Waals surface area contributed by atoms with Crippen molar-refractivity contribution in [2.24, 2.45) is 0 Å². The van der Waals surface area contributed by atoms with E-state index in [2.05, 4.69) is 15.4 Å². The van der Waals surface area contributed by atoms with E-state index in [-0.39, 0.29) is 24.6 Å². The molecule has 168 valence electrons. The number of nitrogens with zero attached hydrogens (tertiary/aromatic N) is 3. The molecule has 0 aliphatic heterocycles. The zero-order valence-corrected chi connectivity index (χ0v) is 19.0. The highest BCUT2D eigenvalue weighted by Crippen LogP contribution is 2.25. The number of amides is 1. The molecule has 8 nitrogen and oxygen atoms in total. The topological polar surface area (TPSA) is 95.3 Å². The molecule has 2 heterocycles. The van der Waals surface area contributed by atoms with Crippen LogP contribution < -0.4 is 20.3 Å². The van der Waals surface area contributed by atoms with E-state index in [9.17, 15) is 9.59 Å². The van der Waals surface area contributed by atoms with Crippen molar-refractivity contribution < 1.29 is 14.3 Å². The van der Waals surface area contributed by atoms with E-state index < -0.39 is 0 Å². The van der Waals surface area contributed by atoms with Crippen LogP contribution in [-0.4, -0.2) is 34.9 Å². The van der Waals surface area contributed by atoms with Crippen LogP contribution in [0.4, 0.5) is 0 Å². The average Bonchev–Trinajstić information content (AvgIpc) is 3.33. The summed E-state index contributed by atoms with van der Waals surface area (Å²) in [4.78, 5) is 29.2. The predicted octanol–water partition coefficient (Wildman–Crippen LogP) is 3.37. The Hall–Kier alpha value is -3.98. The second-order valence-corrected chi connectivity index (χ2v) is 7.95. The van der Waals surface area contributed by atoms with Crippen LogP contribution in [0.2, 0.25) is 0 Å². The monoisotopic (exact) mass is 462 g/mol. The van der Waals surface area contributed by atoms with Crippen molar-refractivity contribution in [2.45, 2.75) is 13.1 Å². The van der Waals surface area contributed by atoms with Crippen LogP contribution in [0.25, 0.3) is 21.8 Å². The molecular weight excluding hydrogens is 440 g/mol. The Labute approximate surface area is 194 Å². The summed E-state index contributed by atoms with van der Waals surface area (Å²) in [6.07, 6.45) is 0. The summed E-state index contributed by atoms with van der Waals surface area (Å²) < 4.78 is 11.5. The van der Waals surface area contributed by atoms with Gasteiger partial charge in [-0.1, -0.05) is 0 Å². The highest BCUT2D eigenvalue weighted by atomic mass is 32.1. The maximum atomic E-state index is 12.5. The number of nitrogens with one attached hydrogen (secondary N) is 1. The second-order valence-electron chi connectivity index (χ2n) is 7.09. The molecule has 0 radical (unpaired) electrons. The van der Waals surface area contributed by atoms with E-state index in [0.29, 0.717) is 5.69 Å². The van der Waals surface area contributed by atoms with Gasteiger partial charge in [-0.05, 0) is 54.6 Å². The Morgan fingerprint density at radius 3 is 2.21 bits per heavy atom. The summed E-state index contributed by atoms with van der Waals surface area (Å²) >= 11 is 1.50. The molecule has 0 saturated carbocycles. The first-order valence-electron chi connectivity index (χ1n) is 10.1. The van der Waals surface area contributed by atoms with Crippen LogP contribution in [0.1, 0.15) is 5.69 Å². The quantitative estimate of drug-likeness (QED) is 0.431. The third-order valence-electron chi connectivity index (χ3n) is 4.90. The minimum absolute atomic E-state index is 0.182. The van der Waals surface area contributed by atoms with Gasteiger partial charge in [0.2, 0.25) is 5.91 Å². The zero-order chi connectivity index (χ0) is 23.2. The lowest BCUT2D eigenvalue weighted by molar-refractivity contribution is -0.122. The van der Waals surface area contributed by atoms with Crippen molar-refractivity contribution in [3.8, 4) is 33.3 Å². The Bertz CT molecular complexity index is 1300.